The van der Waals surface area contributed by atoms with Crippen LogP contribution in [0.2, 0.25) is 0 Å². The minimum absolute atomic E-state index is 0.0569. The first-order chi connectivity index (χ1) is 11.5. The Morgan fingerprint density at radius 2 is 1.56 bits per heavy atom. The summed E-state index contributed by atoms with van der Waals surface area (Å²) in [6, 6.07) is 7.37. The van der Waals surface area contributed by atoms with E-state index in [1.807, 2.05) is 0 Å². The smallest absolute Gasteiger partial charge is 0.496 e. The van der Waals surface area contributed by atoms with Gasteiger partial charge in [0, 0.05) is 5.69 Å². The Kier molecular flexibility index (Phi) is 5.17. The second-order valence-corrected chi connectivity index (χ2v) is 6.84. The molecule has 5 nitrogen and oxygen atoms in total. The molecular weight excluding hydrogens is 359 g/mol. The summed E-state index contributed by atoms with van der Waals surface area (Å²) in [6.07, 6.45) is -4.81. The largest absolute Gasteiger partial charge is 0.573 e. The van der Waals surface area contributed by atoms with Crippen molar-refractivity contribution >= 4 is 15.7 Å². The van der Waals surface area contributed by atoms with Crippen LogP contribution in [0.1, 0.15) is 11.1 Å². The third kappa shape index (κ3) is 4.56. The highest BCUT2D eigenvalue weighted by Gasteiger charge is 2.31. The van der Waals surface area contributed by atoms with Crippen molar-refractivity contribution in [3.05, 3.63) is 47.5 Å². The summed E-state index contributed by atoms with van der Waals surface area (Å²) in [5.74, 6) is 0.122. The molecule has 25 heavy (non-hydrogen) atoms. The number of anilines is 1. The summed E-state index contributed by atoms with van der Waals surface area (Å²) in [4.78, 5) is 0.0569. The molecule has 0 saturated heterocycles. The van der Waals surface area contributed by atoms with Gasteiger partial charge in [0.05, 0.1) is 12.0 Å². The fraction of sp³-hybridized carbons (Fsp3) is 0.250. The molecule has 9 heteroatoms. The van der Waals surface area contributed by atoms with Crippen LogP contribution in [0.25, 0.3) is 0 Å². The average Bonchev–Trinajstić information content (AvgIpc) is 2.50. The van der Waals surface area contributed by atoms with Crippen molar-refractivity contribution in [2.45, 2.75) is 25.1 Å². The zero-order chi connectivity index (χ0) is 18.8. The van der Waals surface area contributed by atoms with E-state index in [0.29, 0.717) is 16.9 Å². The molecule has 136 valence electrons. The van der Waals surface area contributed by atoms with Gasteiger partial charge in [-0.25, -0.2) is 8.42 Å². The van der Waals surface area contributed by atoms with Crippen molar-refractivity contribution < 1.29 is 31.1 Å². The average molecular weight is 375 g/mol. The molecule has 0 radical (unpaired) electrons. The first-order valence-corrected chi connectivity index (χ1v) is 8.54. The Labute approximate surface area is 143 Å². The zero-order valence-corrected chi connectivity index (χ0v) is 14.5. The van der Waals surface area contributed by atoms with E-state index in [2.05, 4.69) is 9.46 Å². The lowest BCUT2D eigenvalue weighted by Gasteiger charge is -2.14. The summed E-state index contributed by atoms with van der Waals surface area (Å²) >= 11 is 0. The molecule has 0 fully saturated rings. The molecule has 0 aliphatic carbocycles. The maximum atomic E-state index is 12.5. The third-order valence-corrected chi connectivity index (χ3v) is 5.06. The molecule has 1 N–H and O–H groups in total. The SMILES string of the molecule is COc1ccc(S(=O)(=O)Nc2ccc(OC(F)(F)F)cc2)c(C)c1C. The second-order valence-electron chi connectivity index (χ2n) is 5.19. The number of hydrogen-bond donors (Lipinski definition) is 1. The number of methoxy groups -OCH3 is 1. The van der Waals surface area contributed by atoms with Crippen LogP contribution in [0.4, 0.5) is 18.9 Å². The summed E-state index contributed by atoms with van der Waals surface area (Å²) in [5, 5.41) is 0. The molecular formula is C16H16F3NO4S. The fourth-order valence-electron chi connectivity index (χ4n) is 2.22. The number of benzene rings is 2. The molecule has 0 bridgehead atoms. The van der Waals surface area contributed by atoms with Gasteiger partial charge in [-0.05, 0) is 61.4 Å². The van der Waals surface area contributed by atoms with Crippen LogP contribution in [-0.4, -0.2) is 21.9 Å². The van der Waals surface area contributed by atoms with E-state index in [1.54, 1.807) is 13.8 Å². The second kappa shape index (κ2) is 6.83. The van der Waals surface area contributed by atoms with Crippen LogP contribution < -0.4 is 14.2 Å². The normalized spacial score (nSPS) is 11.9. The van der Waals surface area contributed by atoms with Crippen molar-refractivity contribution in [2.24, 2.45) is 0 Å². The Bertz CT molecular complexity index is 862. The van der Waals surface area contributed by atoms with Crippen molar-refractivity contribution in [1.29, 1.82) is 0 Å². The van der Waals surface area contributed by atoms with Gasteiger partial charge in [0.1, 0.15) is 11.5 Å². The fourth-order valence-corrected chi connectivity index (χ4v) is 3.58. The molecule has 0 aliphatic heterocycles. The number of sulfonamides is 1. The van der Waals surface area contributed by atoms with E-state index in [1.165, 1.54) is 31.4 Å². The van der Waals surface area contributed by atoms with Crippen LogP contribution in [0, 0.1) is 13.8 Å². The van der Waals surface area contributed by atoms with E-state index in [4.69, 9.17) is 4.74 Å². The zero-order valence-electron chi connectivity index (χ0n) is 13.6. The quantitative estimate of drug-likeness (QED) is 0.858. The number of hydrogen-bond acceptors (Lipinski definition) is 4. The third-order valence-electron chi connectivity index (χ3n) is 3.54. The van der Waals surface area contributed by atoms with Gasteiger partial charge in [-0.15, -0.1) is 13.2 Å². The summed E-state index contributed by atoms with van der Waals surface area (Å²) in [6.45, 7) is 3.38. The molecule has 0 amide bonds. The van der Waals surface area contributed by atoms with Gasteiger partial charge >= 0.3 is 6.36 Å². The lowest BCUT2D eigenvalue weighted by atomic mass is 10.1. The van der Waals surface area contributed by atoms with Crippen LogP contribution >= 0.6 is 0 Å². The van der Waals surface area contributed by atoms with Gasteiger partial charge in [-0.1, -0.05) is 0 Å². The minimum Gasteiger partial charge on any atom is -0.496 e. The molecule has 0 heterocycles. The number of ether oxygens (including phenoxy) is 2. The summed E-state index contributed by atoms with van der Waals surface area (Å²) in [7, 11) is -2.42. The predicted molar refractivity (Wildman–Crippen MR) is 86.4 cm³/mol. The van der Waals surface area contributed by atoms with E-state index in [9.17, 15) is 21.6 Å². The molecule has 0 atom stereocenters. The topological polar surface area (TPSA) is 64.6 Å². The van der Waals surface area contributed by atoms with Gasteiger partial charge in [0.2, 0.25) is 0 Å². The monoisotopic (exact) mass is 375 g/mol. The summed E-state index contributed by atoms with van der Waals surface area (Å²) in [5.41, 5.74) is 1.31. The van der Waals surface area contributed by atoms with E-state index in [-0.39, 0.29) is 10.6 Å². The van der Waals surface area contributed by atoms with Gasteiger partial charge in [0.25, 0.3) is 10.0 Å². The van der Waals surface area contributed by atoms with Crippen LogP contribution in [0.15, 0.2) is 41.3 Å². The molecule has 2 rings (SSSR count). The molecule has 0 aliphatic rings. The van der Waals surface area contributed by atoms with Gasteiger partial charge in [-0.3, -0.25) is 4.72 Å². The first-order valence-electron chi connectivity index (χ1n) is 7.06. The highest BCUT2D eigenvalue weighted by atomic mass is 32.2. The van der Waals surface area contributed by atoms with Crippen molar-refractivity contribution in [1.82, 2.24) is 0 Å². The van der Waals surface area contributed by atoms with Crippen LogP contribution in [-0.2, 0) is 10.0 Å². The molecule has 0 saturated carbocycles. The standard InChI is InChI=1S/C16H16F3NO4S/c1-10-11(2)15(9-8-14(10)23-3)25(21,22)20-12-4-6-13(7-5-12)24-16(17,18)19/h4-9,20H,1-3H3. The van der Waals surface area contributed by atoms with Crippen molar-refractivity contribution in [3.63, 3.8) is 0 Å². The highest BCUT2D eigenvalue weighted by Crippen LogP contribution is 2.29. The van der Waals surface area contributed by atoms with Crippen LogP contribution in [0.5, 0.6) is 11.5 Å². The van der Waals surface area contributed by atoms with Crippen molar-refractivity contribution in [3.8, 4) is 11.5 Å². The Hall–Kier alpha value is -2.42. The maximum Gasteiger partial charge on any atom is 0.573 e. The van der Waals surface area contributed by atoms with Gasteiger partial charge in [0.15, 0.2) is 0 Å². The lowest BCUT2D eigenvalue weighted by Crippen LogP contribution is -2.17. The summed E-state index contributed by atoms with van der Waals surface area (Å²) < 4.78 is 72.7. The first kappa shape index (κ1) is 18.9. The number of rotatable bonds is 5. The molecule has 0 aromatic heterocycles. The molecule has 0 spiro atoms. The Balaban J connectivity index is 2.26. The highest BCUT2D eigenvalue weighted by molar-refractivity contribution is 7.92. The number of alkyl halides is 3. The van der Waals surface area contributed by atoms with E-state index >= 15 is 0 Å². The minimum atomic E-state index is -4.81. The molecule has 2 aromatic rings. The Morgan fingerprint density at radius 3 is 2.08 bits per heavy atom. The number of halogens is 3. The van der Waals surface area contributed by atoms with Gasteiger partial charge < -0.3 is 9.47 Å². The predicted octanol–water partition coefficient (Wildman–Crippen LogP) is 4.01. The number of nitrogens with one attached hydrogen (secondary N) is 1. The van der Waals surface area contributed by atoms with Crippen molar-refractivity contribution in [2.75, 3.05) is 11.8 Å². The molecule has 0 unspecified atom stereocenters. The molecule has 2 aromatic carbocycles. The Morgan fingerprint density at radius 1 is 0.960 bits per heavy atom. The van der Waals surface area contributed by atoms with E-state index in [0.717, 1.165) is 12.1 Å². The van der Waals surface area contributed by atoms with E-state index < -0.39 is 22.1 Å². The van der Waals surface area contributed by atoms with Crippen LogP contribution in [0.3, 0.4) is 0 Å². The van der Waals surface area contributed by atoms with Gasteiger partial charge in [-0.2, -0.15) is 0 Å². The lowest BCUT2D eigenvalue weighted by molar-refractivity contribution is -0.274. The maximum absolute atomic E-state index is 12.5.